The first-order valence-electron chi connectivity index (χ1n) is 7.89. The summed E-state index contributed by atoms with van der Waals surface area (Å²) in [7, 11) is 1.40. The van der Waals surface area contributed by atoms with Crippen LogP contribution in [0.1, 0.15) is 45.4 Å². The van der Waals surface area contributed by atoms with E-state index in [0.29, 0.717) is 5.92 Å². The molecule has 0 saturated heterocycles. The second-order valence-electron chi connectivity index (χ2n) is 7.33. The number of rotatable bonds is 5. The van der Waals surface area contributed by atoms with E-state index in [1.54, 1.807) is 0 Å². The highest BCUT2D eigenvalue weighted by Gasteiger charge is 2.57. The van der Waals surface area contributed by atoms with E-state index in [9.17, 15) is 9.90 Å². The number of ether oxygens (including phenoxy) is 2. The minimum absolute atomic E-state index is 0.0502. The molecule has 4 atom stereocenters. The van der Waals surface area contributed by atoms with Crippen molar-refractivity contribution in [3.8, 4) is 0 Å². The fourth-order valence-corrected chi connectivity index (χ4v) is 5.56. The lowest BCUT2D eigenvalue weighted by atomic mass is 9.47. The van der Waals surface area contributed by atoms with Gasteiger partial charge < -0.3 is 14.6 Å². The Hall–Kier alpha value is -0.610. The van der Waals surface area contributed by atoms with Crippen LogP contribution in [-0.4, -0.2) is 37.0 Å². The maximum absolute atomic E-state index is 11.4. The summed E-state index contributed by atoms with van der Waals surface area (Å²) in [5, 5.41) is 9.91. The Balaban J connectivity index is 1.76. The fraction of sp³-hybridized carbons (Fsp3) is 0.938. The average molecular weight is 282 g/mol. The van der Waals surface area contributed by atoms with E-state index in [1.807, 2.05) is 6.92 Å². The molecule has 0 aromatic carbocycles. The van der Waals surface area contributed by atoms with E-state index in [0.717, 1.165) is 31.1 Å². The van der Waals surface area contributed by atoms with Gasteiger partial charge >= 0.3 is 5.97 Å². The van der Waals surface area contributed by atoms with E-state index in [2.05, 4.69) is 0 Å². The van der Waals surface area contributed by atoms with Crippen molar-refractivity contribution in [3.63, 3.8) is 0 Å². The van der Waals surface area contributed by atoms with E-state index < -0.39 is 0 Å². The second-order valence-corrected chi connectivity index (χ2v) is 7.33. The monoisotopic (exact) mass is 282 g/mol. The molecule has 20 heavy (non-hydrogen) atoms. The number of carbonyl (C=O) groups is 1. The van der Waals surface area contributed by atoms with Crippen molar-refractivity contribution < 1.29 is 19.4 Å². The highest BCUT2D eigenvalue weighted by atomic mass is 16.6. The van der Waals surface area contributed by atoms with Crippen LogP contribution in [0.2, 0.25) is 0 Å². The molecular formula is C16H26O4. The Morgan fingerprint density at radius 3 is 2.50 bits per heavy atom. The molecule has 0 aromatic rings. The predicted molar refractivity (Wildman–Crippen MR) is 74.0 cm³/mol. The molecule has 0 aromatic heterocycles. The zero-order valence-electron chi connectivity index (χ0n) is 12.5. The SMILES string of the molecule is COC(=O)COC1C2CC3CC(C2)CC1(CC(C)O)C3. The summed E-state index contributed by atoms with van der Waals surface area (Å²) in [4.78, 5) is 11.4. The van der Waals surface area contributed by atoms with Gasteiger partial charge in [0, 0.05) is 0 Å². The van der Waals surface area contributed by atoms with Gasteiger partial charge in [-0.3, -0.25) is 0 Å². The molecule has 0 radical (unpaired) electrons. The van der Waals surface area contributed by atoms with Crippen LogP contribution >= 0.6 is 0 Å². The quantitative estimate of drug-likeness (QED) is 0.785. The van der Waals surface area contributed by atoms with Crippen LogP contribution in [0.5, 0.6) is 0 Å². The number of carbonyl (C=O) groups excluding carboxylic acids is 1. The van der Waals surface area contributed by atoms with E-state index in [4.69, 9.17) is 9.47 Å². The topological polar surface area (TPSA) is 55.8 Å². The standard InChI is InChI=1S/C16H26O4/c1-10(17)6-16-7-11-3-12(8-16)5-13(4-11)15(16)20-9-14(18)19-2/h10-13,15,17H,3-9H2,1-2H3. The van der Waals surface area contributed by atoms with Gasteiger partial charge in [0.1, 0.15) is 6.61 Å². The van der Waals surface area contributed by atoms with Crippen LogP contribution in [0.4, 0.5) is 0 Å². The molecule has 0 aliphatic heterocycles. The van der Waals surface area contributed by atoms with Gasteiger partial charge in [0.25, 0.3) is 0 Å². The van der Waals surface area contributed by atoms with Crippen LogP contribution in [0.25, 0.3) is 0 Å². The maximum Gasteiger partial charge on any atom is 0.331 e. The molecule has 4 heteroatoms. The summed E-state index contributed by atoms with van der Waals surface area (Å²) < 4.78 is 10.7. The molecule has 114 valence electrons. The Labute approximate surface area is 120 Å². The highest BCUT2D eigenvalue weighted by Crippen LogP contribution is 2.62. The number of methoxy groups -OCH3 is 1. The minimum Gasteiger partial charge on any atom is -0.467 e. The van der Waals surface area contributed by atoms with Gasteiger partial charge in [-0.2, -0.15) is 0 Å². The summed E-state index contributed by atoms with van der Waals surface area (Å²) in [6.07, 6.45) is 6.81. The zero-order valence-corrected chi connectivity index (χ0v) is 12.5. The van der Waals surface area contributed by atoms with Crippen LogP contribution < -0.4 is 0 Å². The molecule has 0 amide bonds. The summed E-state index contributed by atoms with van der Waals surface area (Å²) in [5.41, 5.74) is 0.0942. The van der Waals surface area contributed by atoms with E-state index >= 15 is 0 Å². The highest BCUT2D eigenvalue weighted by molar-refractivity contribution is 5.70. The number of esters is 1. The fourth-order valence-electron chi connectivity index (χ4n) is 5.56. The molecule has 4 rings (SSSR count). The molecule has 4 aliphatic rings. The lowest BCUT2D eigenvalue weighted by Gasteiger charge is -2.61. The minimum atomic E-state index is -0.300. The third kappa shape index (κ3) is 2.48. The lowest BCUT2D eigenvalue weighted by molar-refractivity contribution is -0.197. The second kappa shape index (κ2) is 5.30. The molecular weight excluding hydrogens is 256 g/mol. The van der Waals surface area contributed by atoms with Gasteiger partial charge in [0.15, 0.2) is 0 Å². The van der Waals surface area contributed by atoms with Gasteiger partial charge in [-0.25, -0.2) is 4.79 Å². The molecule has 1 N–H and O–H groups in total. The van der Waals surface area contributed by atoms with Crippen LogP contribution in [0, 0.1) is 23.2 Å². The molecule has 4 saturated carbocycles. The number of hydrogen-bond donors (Lipinski definition) is 1. The van der Waals surface area contributed by atoms with Crippen LogP contribution in [-0.2, 0) is 14.3 Å². The molecule has 0 spiro atoms. The van der Waals surface area contributed by atoms with Crippen LogP contribution in [0.3, 0.4) is 0 Å². The molecule has 4 bridgehead atoms. The lowest BCUT2D eigenvalue weighted by Crippen LogP contribution is -2.58. The Bertz CT molecular complexity index is 359. The van der Waals surface area contributed by atoms with Crippen molar-refractivity contribution in [1.82, 2.24) is 0 Å². The Morgan fingerprint density at radius 1 is 1.30 bits per heavy atom. The molecule has 4 fully saturated rings. The average Bonchev–Trinajstić information content (AvgIpc) is 2.35. The normalized spacial score (nSPS) is 43.5. The maximum atomic E-state index is 11.4. The van der Waals surface area contributed by atoms with Gasteiger partial charge in [0.2, 0.25) is 0 Å². The van der Waals surface area contributed by atoms with Gasteiger partial charge in [0.05, 0.1) is 19.3 Å². The Kier molecular flexibility index (Phi) is 3.80. The molecule has 4 nitrogen and oxygen atoms in total. The zero-order chi connectivity index (χ0) is 14.3. The number of hydrogen-bond acceptors (Lipinski definition) is 4. The predicted octanol–water partition coefficient (Wildman–Crippen LogP) is 2.14. The van der Waals surface area contributed by atoms with E-state index in [-0.39, 0.29) is 30.2 Å². The third-order valence-electron chi connectivity index (χ3n) is 5.67. The van der Waals surface area contributed by atoms with Crippen molar-refractivity contribution in [2.75, 3.05) is 13.7 Å². The van der Waals surface area contributed by atoms with Crippen molar-refractivity contribution in [2.24, 2.45) is 23.2 Å². The van der Waals surface area contributed by atoms with Crippen molar-refractivity contribution in [1.29, 1.82) is 0 Å². The first-order chi connectivity index (χ1) is 9.52. The molecule has 0 heterocycles. The van der Waals surface area contributed by atoms with Gasteiger partial charge in [-0.1, -0.05) is 0 Å². The summed E-state index contributed by atoms with van der Waals surface area (Å²) >= 11 is 0. The largest absolute Gasteiger partial charge is 0.467 e. The number of aliphatic hydroxyl groups is 1. The Morgan fingerprint density at radius 2 is 1.95 bits per heavy atom. The van der Waals surface area contributed by atoms with Crippen molar-refractivity contribution in [3.05, 3.63) is 0 Å². The molecule has 4 aliphatic carbocycles. The van der Waals surface area contributed by atoms with Crippen molar-refractivity contribution in [2.45, 2.75) is 57.7 Å². The third-order valence-corrected chi connectivity index (χ3v) is 5.67. The van der Waals surface area contributed by atoms with Crippen LogP contribution in [0.15, 0.2) is 0 Å². The smallest absolute Gasteiger partial charge is 0.331 e. The van der Waals surface area contributed by atoms with Crippen molar-refractivity contribution >= 4 is 5.97 Å². The first kappa shape index (κ1) is 14.3. The first-order valence-corrected chi connectivity index (χ1v) is 7.89. The number of aliphatic hydroxyl groups excluding tert-OH is 1. The van der Waals surface area contributed by atoms with E-state index in [1.165, 1.54) is 26.4 Å². The summed E-state index contributed by atoms with van der Waals surface area (Å²) in [6.45, 7) is 1.92. The van der Waals surface area contributed by atoms with Gasteiger partial charge in [-0.05, 0) is 68.6 Å². The van der Waals surface area contributed by atoms with Gasteiger partial charge in [-0.15, -0.1) is 0 Å². The summed E-state index contributed by atoms with van der Waals surface area (Å²) in [5.74, 6) is 1.89. The molecule has 4 unspecified atom stereocenters. The summed E-state index contributed by atoms with van der Waals surface area (Å²) in [6, 6.07) is 0.